The van der Waals surface area contributed by atoms with Crippen LogP contribution in [0.3, 0.4) is 0 Å². The van der Waals surface area contributed by atoms with Crippen LogP contribution in [-0.2, 0) is 6.54 Å². The minimum Gasteiger partial charge on any atom is -0.423 e. The first-order valence-electron chi connectivity index (χ1n) is 7.76. The lowest BCUT2D eigenvalue weighted by molar-refractivity contribution is 0.559. The molecule has 0 spiro atoms. The van der Waals surface area contributed by atoms with Crippen LogP contribution in [0.1, 0.15) is 11.3 Å². The molecule has 9 nitrogen and oxygen atoms in total. The van der Waals surface area contributed by atoms with Crippen LogP contribution in [0.5, 0.6) is 0 Å². The summed E-state index contributed by atoms with van der Waals surface area (Å²) in [5.74, 6) is 0. The third kappa shape index (κ3) is 2.75. The van der Waals surface area contributed by atoms with Gasteiger partial charge < -0.3 is 4.42 Å². The third-order valence-electron chi connectivity index (χ3n) is 3.94. The first-order valence-corrected chi connectivity index (χ1v) is 7.76. The van der Waals surface area contributed by atoms with Gasteiger partial charge in [0, 0.05) is 17.1 Å². The van der Waals surface area contributed by atoms with Crippen LogP contribution in [0.4, 0.5) is 0 Å². The fraction of sp³-hybridized carbons (Fsp3) is 0.118. The lowest BCUT2D eigenvalue weighted by Gasteiger charge is -2.04. The highest BCUT2D eigenvalue weighted by atomic mass is 16.4. The summed E-state index contributed by atoms with van der Waals surface area (Å²) in [4.78, 5) is 37.4. The predicted octanol–water partition coefficient (Wildman–Crippen LogP) is 0.580. The first-order chi connectivity index (χ1) is 12.5. The van der Waals surface area contributed by atoms with E-state index in [4.69, 9.17) is 4.42 Å². The van der Waals surface area contributed by atoms with Crippen LogP contribution in [-0.4, -0.2) is 24.5 Å². The summed E-state index contributed by atoms with van der Waals surface area (Å²) in [6, 6.07) is 8.43. The highest BCUT2D eigenvalue weighted by molar-refractivity contribution is 5.84. The quantitative estimate of drug-likeness (QED) is 0.540. The van der Waals surface area contributed by atoms with E-state index in [9.17, 15) is 14.4 Å². The molecule has 0 aliphatic heterocycles. The van der Waals surface area contributed by atoms with E-state index in [2.05, 4.69) is 15.3 Å². The Morgan fingerprint density at radius 1 is 1.15 bits per heavy atom. The minimum absolute atomic E-state index is 0.135. The number of nitrogens with zero attached hydrogens (tertiary/aromatic N) is 4. The summed E-state index contributed by atoms with van der Waals surface area (Å²) in [7, 11) is 0. The molecule has 130 valence electrons. The Balaban J connectivity index is 1.76. The van der Waals surface area contributed by atoms with E-state index >= 15 is 0 Å². The van der Waals surface area contributed by atoms with Crippen LogP contribution in [0.25, 0.3) is 16.7 Å². The Kier molecular flexibility index (Phi) is 3.61. The maximum atomic E-state index is 11.9. The lowest BCUT2D eigenvalue weighted by Crippen LogP contribution is -2.31. The van der Waals surface area contributed by atoms with Gasteiger partial charge in [-0.1, -0.05) is 17.3 Å². The molecule has 0 aliphatic rings. The summed E-state index contributed by atoms with van der Waals surface area (Å²) in [6.45, 7) is 1.75. The fourth-order valence-electron chi connectivity index (χ4n) is 2.68. The van der Waals surface area contributed by atoms with Gasteiger partial charge in [0.05, 0.1) is 24.5 Å². The molecule has 0 atom stereocenters. The normalized spacial score (nSPS) is 11.1. The molecule has 0 radical (unpaired) electrons. The summed E-state index contributed by atoms with van der Waals surface area (Å²) in [6.07, 6.45) is 3.08. The van der Waals surface area contributed by atoms with Crippen molar-refractivity contribution in [2.75, 3.05) is 0 Å². The molecule has 0 unspecified atom stereocenters. The molecule has 0 fully saturated rings. The lowest BCUT2D eigenvalue weighted by atomic mass is 10.2. The summed E-state index contributed by atoms with van der Waals surface area (Å²) < 4.78 is 7.96. The molecule has 0 saturated carbocycles. The van der Waals surface area contributed by atoms with Crippen LogP contribution in [0.2, 0.25) is 0 Å². The standard InChI is InChI=1S/C17H13N5O4/c1-10-7-21(17(25)18-16(10)24)8-11-9-22(20-19-11)13-6-15(23)26-14-5-3-2-4-12(13)14/h2-7,9H,8H2,1H3,(H,18,24,25). The SMILES string of the molecule is Cc1cn(Cc2cn(-c3cc(=O)oc4ccccc34)nn2)c(=O)[nH]c1=O. The number of hydrogen-bond acceptors (Lipinski definition) is 6. The predicted molar refractivity (Wildman–Crippen MR) is 92.6 cm³/mol. The Morgan fingerprint density at radius 3 is 2.81 bits per heavy atom. The topological polar surface area (TPSA) is 116 Å². The molecule has 9 heteroatoms. The monoisotopic (exact) mass is 351 g/mol. The van der Waals surface area contributed by atoms with Crippen molar-refractivity contribution in [1.29, 1.82) is 0 Å². The molecule has 4 rings (SSSR count). The Hall–Kier alpha value is -3.75. The van der Waals surface area contributed by atoms with Crippen molar-refractivity contribution in [3.05, 3.63) is 85.2 Å². The Labute approximate surface area is 145 Å². The van der Waals surface area contributed by atoms with Crippen molar-refractivity contribution in [2.45, 2.75) is 13.5 Å². The van der Waals surface area contributed by atoms with Crippen molar-refractivity contribution in [3.63, 3.8) is 0 Å². The molecule has 0 saturated heterocycles. The smallest absolute Gasteiger partial charge is 0.338 e. The summed E-state index contributed by atoms with van der Waals surface area (Å²) in [5, 5.41) is 8.80. The zero-order chi connectivity index (χ0) is 18.3. The second-order valence-corrected chi connectivity index (χ2v) is 5.80. The van der Waals surface area contributed by atoms with Crippen LogP contribution in [0.15, 0.2) is 61.5 Å². The van der Waals surface area contributed by atoms with Gasteiger partial charge in [-0.25, -0.2) is 14.3 Å². The first kappa shape index (κ1) is 15.8. The zero-order valence-electron chi connectivity index (χ0n) is 13.7. The van der Waals surface area contributed by atoms with Gasteiger partial charge >= 0.3 is 11.3 Å². The molecule has 0 amide bonds. The molecule has 4 aromatic rings. The van der Waals surface area contributed by atoms with E-state index in [-0.39, 0.29) is 6.54 Å². The molecule has 26 heavy (non-hydrogen) atoms. The van der Waals surface area contributed by atoms with E-state index in [1.165, 1.54) is 21.5 Å². The van der Waals surface area contributed by atoms with Crippen molar-refractivity contribution in [2.24, 2.45) is 0 Å². The molecule has 1 N–H and O–H groups in total. The Morgan fingerprint density at radius 2 is 1.96 bits per heavy atom. The maximum absolute atomic E-state index is 11.9. The van der Waals surface area contributed by atoms with Crippen molar-refractivity contribution in [3.8, 4) is 5.69 Å². The number of fused-ring (bicyclic) bond motifs is 1. The van der Waals surface area contributed by atoms with Crippen LogP contribution < -0.4 is 16.9 Å². The number of benzene rings is 1. The molecule has 3 aromatic heterocycles. The third-order valence-corrected chi connectivity index (χ3v) is 3.94. The highest BCUT2D eigenvalue weighted by Gasteiger charge is 2.11. The average molecular weight is 351 g/mol. The number of rotatable bonds is 3. The van der Waals surface area contributed by atoms with Gasteiger partial charge in [0.15, 0.2) is 0 Å². The fourth-order valence-corrected chi connectivity index (χ4v) is 2.68. The van der Waals surface area contributed by atoms with Crippen molar-refractivity contribution in [1.82, 2.24) is 24.5 Å². The number of para-hydroxylation sites is 1. The van der Waals surface area contributed by atoms with Gasteiger partial charge in [-0.15, -0.1) is 5.10 Å². The minimum atomic E-state index is -0.527. The van der Waals surface area contributed by atoms with Crippen LogP contribution in [0, 0.1) is 6.92 Å². The summed E-state index contributed by atoms with van der Waals surface area (Å²) >= 11 is 0. The molecular weight excluding hydrogens is 338 g/mol. The highest BCUT2D eigenvalue weighted by Crippen LogP contribution is 2.19. The number of H-pyrrole nitrogens is 1. The van der Waals surface area contributed by atoms with Crippen LogP contribution >= 0.6 is 0 Å². The number of aromatic amines is 1. The number of nitrogens with one attached hydrogen (secondary N) is 1. The second kappa shape index (κ2) is 5.96. The molecule has 0 bridgehead atoms. The maximum Gasteiger partial charge on any atom is 0.338 e. The molecule has 1 aromatic carbocycles. The zero-order valence-corrected chi connectivity index (χ0v) is 13.7. The molecule has 0 aliphatic carbocycles. The van der Waals surface area contributed by atoms with Crippen molar-refractivity contribution < 1.29 is 4.42 Å². The van der Waals surface area contributed by atoms with E-state index in [0.717, 1.165) is 0 Å². The largest absolute Gasteiger partial charge is 0.423 e. The molecule has 3 heterocycles. The second-order valence-electron chi connectivity index (χ2n) is 5.80. The number of aromatic nitrogens is 5. The average Bonchev–Trinajstić information content (AvgIpc) is 3.07. The van der Waals surface area contributed by atoms with Gasteiger partial charge in [0.1, 0.15) is 11.3 Å². The molecular formula is C17H13N5O4. The summed E-state index contributed by atoms with van der Waals surface area (Å²) in [5.41, 5.74) is 0.446. The van der Waals surface area contributed by atoms with Gasteiger partial charge in [-0.2, -0.15) is 0 Å². The van der Waals surface area contributed by atoms with Gasteiger partial charge in [-0.05, 0) is 19.1 Å². The van der Waals surface area contributed by atoms with E-state index in [1.54, 1.807) is 25.3 Å². The van der Waals surface area contributed by atoms with E-state index in [0.29, 0.717) is 27.9 Å². The van der Waals surface area contributed by atoms with Gasteiger partial charge in [0.25, 0.3) is 5.56 Å². The van der Waals surface area contributed by atoms with Gasteiger partial charge in [0.2, 0.25) is 0 Å². The number of hydrogen-bond donors (Lipinski definition) is 1. The number of aryl methyl sites for hydroxylation is 1. The van der Waals surface area contributed by atoms with E-state index in [1.807, 2.05) is 12.1 Å². The van der Waals surface area contributed by atoms with Gasteiger partial charge in [-0.3, -0.25) is 14.3 Å². The Bertz CT molecular complexity index is 1290. The van der Waals surface area contributed by atoms with Crippen molar-refractivity contribution >= 4 is 11.0 Å². The van der Waals surface area contributed by atoms with E-state index < -0.39 is 16.9 Å².